The minimum atomic E-state index is 0.734. The molecule has 2 saturated heterocycles. The van der Waals surface area contributed by atoms with Gasteiger partial charge in [-0.1, -0.05) is 24.3 Å². The van der Waals surface area contributed by atoms with Crippen LogP contribution in [0.2, 0.25) is 0 Å². The van der Waals surface area contributed by atoms with E-state index in [2.05, 4.69) is 39.8 Å². The molecule has 0 saturated carbocycles. The minimum Gasteiger partial charge on any atom is -0.316 e. The Balaban J connectivity index is 1.59. The third kappa shape index (κ3) is 2.91. The normalized spacial score (nSPS) is 25.4. The van der Waals surface area contributed by atoms with Crippen LogP contribution < -0.4 is 10.6 Å². The Kier molecular flexibility index (Phi) is 3.93. The Morgan fingerprint density at radius 2 is 1.78 bits per heavy atom. The molecule has 1 aromatic rings. The molecule has 2 aliphatic rings. The van der Waals surface area contributed by atoms with E-state index in [4.69, 9.17) is 0 Å². The van der Waals surface area contributed by atoms with Gasteiger partial charge in [-0.05, 0) is 30.0 Å². The molecule has 2 aliphatic heterocycles. The van der Waals surface area contributed by atoms with Crippen LogP contribution in [0.3, 0.4) is 0 Å². The van der Waals surface area contributed by atoms with E-state index >= 15 is 0 Å². The molecule has 0 bridgehead atoms. The predicted molar refractivity (Wildman–Crippen MR) is 74.8 cm³/mol. The fourth-order valence-corrected chi connectivity index (χ4v) is 2.96. The molecule has 1 unspecified atom stereocenters. The van der Waals surface area contributed by atoms with Crippen LogP contribution in [0.25, 0.3) is 0 Å². The molecule has 1 aromatic carbocycles. The Hall–Kier alpha value is -0.900. The van der Waals surface area contributed by atoms with Gasteiger partial charge in [0, 0.05) is 39.3 Å². The van der Waals surface area contributed by atoms with E-state index in [1.54, 1.807) is 0 Å². The lowest BCUT2D eigenvalue weighted by Gasteiger charge is -2.27. The second kappa shape index (κ2) is 5.83. The quantitative estimate of drug-likeness (QED) is 0.837. The largest absolute Gasteiger partial charge is 0.316 e. The number of hydrogen-bond acceptors (Lipinski definition) is 3. The molecule has 2 N–H and O–H groups in total. The van der Waals surface area contributed by atoms with Crippen molar-refractivity contribution in [3.8, 4) is 0 Å². The first-order chi connectivity index (χ1) is 8.92. The van der Waals surface area contributed by atoms with Gasteiger partial charge in [-0.3, -0.25) is 4.90 Å². The molecule has 2 heterocycles. The monoisotopic (exact) mass is 245 g/mol. The number of benzene rings is 1. The molecule has 0 radical (unpaired) electrons. The first-order valence-electron chi connectivity index (χ1n) is 7.14. The molecule has 2 fully saturated rings. The van der Waals surface area contributed by atoms with Crippen LogP contribution in [0, 0.1) is 0 Å². The lowest BCUT2D eigenvalue weighted by molar-refractivity contribution is 0.233. The van der Waals surface area contributed by atoms with Crippen molar-refractivity contribution in [2.75, 3.05) is 39.3 Å². The summed E-state index contributed by atoms with van der Waals surface area (Å²) in [6.07, 6.45) is 1.29. The number of rotatable bonds is 3. The summed E-state index contributed by atoms with van der Waals surface area (Å²) in [6, 6.07) is 9.29. The van der Waals surface area contributed by atoms with Crippen LogP contribution >= 0.6 is 0 Å². The van der Waals surface area contributed by atoms with Crippen molar-refractivity contribution in [3.63, 3.8) is 0 Å². The Morgan fingerprint density at radius 1 is 1.00 bits per heavy atom. The summed E-state index contributed by atoms with van der Waals surface area (Å²) in [4.78, 5) is 2.53. The fraction of sp³-hybridized carbons (Fsp3) is 0.600. The van der Waals surface area contributed by atoms with Gasteiger partial charge in [0.1, 0.15) is 0 Å². The highest BCUT2D eigenvalue weighted by Gasteiger charge is 2.16. The number of hydrogen-bond donors (Lipinski definition) is 2. The van der Waals surface area contributed by atoms with Gasteiger partial charge >= 0.3 is 0 Å². The van der Waals surface area contributed by atoms with Crippen molar-refractivity contribution in [1.29, 1.82) is 0 Å². The number of nitrogens with zero attached hydrogens (tertiary/aromatic N) is 1. The maximum atomic E-state index is 3.44. The van der Waals surface area contributed by atoms with Crippen molar-refractivity contribution in [2.45, 2.75) is 18.9 Å². The Morgan fingerprint density at radius 3 is 2.44 bits per heavy atom. The smallest absolute Gasteiger partial charge is 0.0234 e. The average Bonchev–Trinajstić information content (AvgIpc) is 2.95. The summed E-state index contributed by atoms with van der Waals surface area (Å²) in [7, 11) is 0. The maximum absolute atomic E-state index is 3.44. The first kappa shape index (κ1) is 12.2. The number of nitrogens with one attached hydrogen (secondary N) is 2. The van der Waals surface area contributed by atoms with Crippen molar-refractivity contribution in [2.24, 2.45) is 0 Å². The summed E-state index contributed by atoms with van der Waals surface area (Å²) < 4.78 is 0. The van der Waals surface area contributed by atoms with E-state index < -0.39 is 0 Å². The van der Waals surface area contributed by atoms with Crippen molar-refractivity contribution in [1.82, 2.24) is 15.5 Å². The molecular formula is C15H23N3. The molecule has 0 amide bonds. The van der Waals surface area contributed by atoms with Gasteiger partial charge in [-0.25, -0.2) is 0 Å². The van der Waals surface area contributed by atoms with Crippen LogP contribution in [0.15, 0.2) is 24.3 Å². The zero-order valence-electron chi connectivity index (χ0n) is 11.0. The van der Waals surface area contributed by atoms with Crippen molar-refractivity contribution < 1.29 is 0 Å². The second-order valence-electron chi connectivity index (χ2n) is 5.46. The van der Waals surface area contributed by atoms with Crippen molar-refractivity contribution >= 4 is 0 Å². The topological polar surface area (TPSA) is 27.3 Å². The van der Waals surface area contributed by atoms with E-state index in [1.807, 2.05) is 0 Å². The van der Waals surface area contributed by atoms with Gasteiger partial charge in [0.15, 0.2) is 0 Å². The molecule has 3 heteroatoms. The highest BCUT2D eigenvalue weighted by molar-refractivity contribution is 5.26. The maximum Gasteiger partial charge on any atom is 0.0234 e. The van der Waals surface area contributed by atoms with Gasteiger partial charge in [0.25, 0.3) is 0 Å². The SMILES string of the molecule is c1cc(C2CCNC2)ccc1CN1CCNCC1. The highest BCUT2D eigenvalue weighted by Crippen LogP contribution is 2.22. The summed E-state index contributed by atoms with van der Waals surface area (Å²) in [5.74, 6) is 0.734. The molecule has 98 valence electrons. The standard InChI is InChI=1S/C15H23N3/c1-3-14(15-5-6-17-11-15)4-2-13(1)12-18-9-7-16-8-10-18/h1-4,15-17H,5-12H2. The summed E-state index contributed by atoms with van der Waals surface area (Å²) in [6.45, 7) is 8.04. The third-order valence-corrected chi connectivity index (χ3v) is 4.13. The molecule has 0 aromatic heterocycles. The first-order valence-corrected chi connectivity index (χ1v) is 7.14. The van der Waals surface area contributed by atoms with Gasteiger partial charge in [-0.2, -0.15) is 0 Å². The van der Waals surface area contributed by atoms with Gasteiger partial charge in [0.2, 0.25) is 0 Å². The fourth-order valence-electron chi connectivity index (χ4n) is 2.96. The lowest BCUT2D eigenvalue weighted by atomic mass is 9.97. The lowest BCUT2D eigenvalue weighted by Crippen LogP contribution is -2.42. The minimum absolute atomic E-state index is 0.734. The van der Waals surface area contributed by atoms with E-state index in [-0.39, 0.29) is 0 Å². The Labute approximate surface area is 110 Å². The summed E-state index contributed by atoms with van der Waals surface area (Å²) in [5, 5.41) is 6.83. The number of piperazine rings is 1. The second-order valence-corrected chi connectivity index (χ2v) is 5.46. The average molecular weight is 245 g/mol. The highest BCUT2D eigenvalue weighted by atomic mass is 15.2. The van der Waals surface area contributed by atoms with Crippen LogP contribution in [0.4, 0.5) is 0 Å². The summed E-state index contributed by atoms with van der Waals surface area (Å²) >= 11 is 0. The van der Waals surface area contributed by atoms with Gasteiger partial charge in [0.05, 0.1) is 0 Å². The van der Waals surface area contributed by atoms with E-state index in [1.165, 1.54) is 37.2 Å². The molecule has 3 rings (SSSR count). The van der Waals surface area contributed by atoms with Crippen LogP contribution in [-0.2, 0) is 6.54 Å². The molecule has 0 aliphatic carbocycles. The molecule has 18 heavy (non-hydrogen) atoms. The summed E-state index contributed by atoms with van der Waals surface area (Å²) in [5.41, 5.74) is 2.95. The molecule has 3 nitrogen and oxygen atoms in total. The zero-order valence-corrected chi connectivity index (χ0v) is 11.0. The van der Waals surface area contributed by atoms with Crippen LogP contribution in [0.5, 0.6) is 0 Å². The van der Waals surface area contributed by atoms with Crippen LogP contribution in [0.1, 0.15) is 23.5 Å². The predicted octanol–water partition coefficient (Wildman–Crippen LogP) is 1.17. The van der Waals surface area contributed by atoms with Gasteiger partial charge < -0.3 is 10.6 Å². The Bertz CT molecular complexity index is 362. The van der Waals surface area contributed by atoms with E-state index in [9.17, 15) is 0 Å². The van der Waals surface area contributed by atoms with Crippen LogP contribution in [-0.4, -0.2) is 44.2 Å². The zero-order chi connectivity index (χ0) is 12.2. The van der Waals surface area contributed by atoms with E-state index in [0.717, 1.165) is 32.1 Å². The molecular weight excluding hydrogens is 222 g/mol. The third-order valence-electron chi connectivity index (χ3n) is 4.13. The molecule has 0 spiro atoms. The van der Waals surface area contributed by atoms with E-state index in [0.29, 0.717) is 0 Å². The molecule has 1 atom stereocenters. The van der Waals surface area contributed by atoms with Gasteiger partial charge in [-0.15, -0.1) is 0 Å². The van der Waals surface area contributed by atoms with Crippen molar-refractivity contribution in [3.05, 3.63) is 35.4 Å².